The standard InChI is InChI=1S/C17H19N3O2S/c1-11-4-2-3-5-14(11)15-17(22)19-6-7-20(15)9-13-8-12(10-23-13)16(18)21/h2-5,8,10,15H,6-7,9H2,1H3,(H2,18,21)(H,19,22)/t15-/m0/s1. The highest BCUT2D eigenvalue weighted by molar-refractivity contribution is 7.10. The van der Waals surface area contributed by atoms with E-state index in [-0.39, 0.29) is 11.9 Å². The van der Waals surface area contributed by atoms with Gasteiger partial charge in [-0.3, -0.25) is 14.5 Å². The number of piperazine rings is 1. The quantitative estimate of drug-likeness (QED) is 0.898. The molecule has 0 bridgehead atoms. The predicted molar refractivity (Wildman–Crippen MR) is 90.2 cm³/mol. The van der Waals surface area contributed by atoms with Crippen molar-refractivity contribution >= 4 is 23.2 Å². The first-order valence-corrected chi connectivity index (χ1v) is 8.38. The van der Waals surface area contributed by atoms with Crippen LogP contribution < -0.4 is 11.1 Å². The van der Waals surface area contributed by atoms with Crippen molar-refractivity contribution in [3.8, 4) is 0 Å². The molecule has 1 aliphatic heterocycles. The number of primary amides is 1. The SMILES string of the molecule is Cc1ccccc1[C@H]1C(=O)NCCN1Cc1cc(C(N)=O)cs1. The molecule has 2 amide bonds. The number of nitrogens with two attached hydrogens (primary N) is 1. The van der Waals surface area contributed by atoms with E-state index < -0.39 is 5.91 Å². The molecule has 6 heteroatoms. The van der Waals surface area contributed by atoms with Crippen molar-refractivity contribution in [3.05, 3.63) is 57.3 Å². The maximum atomic E-state index is 12.4. The van der Waals surface area contributed by atoms with Gasteiger partial charge in [0.1, 0.15) is 6.04 Å². The summed E-state index contributed by atoms with van der Waals surface area (Å²) in [4.78, 5) is 26.9. The molecular formula is C17H19N3O2S. The Morgan fingerprint density at radius 1 is 1.43 bits per heavy atom. The molecule has 1 fully saturated rings. The van der Waals surface area contributed by atoms with Crippen LogP contribution in [0.3, 0.4) is 0 Å². The van der Waals surface area contributed by atoms with E-state index in [1.165, 1.54) is 11.3 Å². The maximum absolute atomic E-state index is 12.4. The number of carbonyl (C=O) groups is 2. The third-order valence-electron chi connectivity index (χ3n) is 4.09. The molecule has 1 aromatic heterocycles. The van der Waals surface area contributed by atoms with Crippen LogP contribution in [0.2, 0.25) is 0 Å². The van der Waals surface area contributed by atoms with Gasteiger partial charge in [0.2, 0.25) is 11.8 Å². The fourth-order valence-corrected chi connectivity index (χ4v) is 3.81. The minimum atomic E-state index is -0.417. The number of thiophene rings is 1. The molecule has 0 saturated carbocycles. The summed E-state index contributed by atoms with van der Waals surface area (Å²) in [5.41, 5.74) is 7.96. The maximum Gasteiger partial charge on any atom is 0.249 e. The van der Waals surface area contributed by atoms with Gasteiger partial charge in [-0.1, -0.05) is 24.3 Å². The molecule has 1 saturated heterocycles. The van der Waals surface area contributed by atoms with E-state index in [9.17, 15) is 9.59 Å². The topological polar surface area (TPSA) is 75.4 Å². The van der Waals surface area contributed by atoms with Gasteiger partial charge in [0.05, 0.1) is 5.56 Å². The zero-order valence-corrected chi connectivity index (χ0v) is 13.7. The number of hydrogen-bond acceptors (Lipinski definition) is 4. The monoisotopic (exact) mass is 329 g/mol. The van der Waals surface area contributed by atoms with E-state index in [0.29, 0.717) is 18.7 Å². The van der Waals surface area contributed by atoms with Crippen LogP contribution in [0.15, 0.2) is 35.7 Å². The second-order valence-electron chi connectivity index (χ2n) is 5.69. The molecule has 0 aliphatic carbocycles. The number of aryl methyl sites for hydroxylation is 1. The molecule has 0 radical (unpaired) electrons. The lowest BCUT2D eigenvalue weighted by molar-refractivity contribution is -0.129. The molecule has 3 rings (SSSR count). The number of amides is 2. The molecule has 2 heterocycles. The van der Waals surface area contributed by atoms with Gasteiger partial charge in [-0.05, 0) is 24.1 Å². The Hall–Kier alpha value is -2.18. The van der Waals surface area contributed by atoms with E-state index in [4.69, 9.17) is 5.73 Å². The second kappa shape index (κ2) is 6.52. The summed E-state index contributed by atoms with van der Waals surface area (Å²) in [6.07, 6.45) is 0. The minimum Gasteiger partial charge on any atom is -0.366 e. The molecule has 2 aromatic rings. The number of nitrogens with one attached hydrogen (secondary N) is 1. The Morgan fingerprint density at radius 3 is 2.91 bits per heavy atom. The van der Waals surface area contributed by atoms with Crippen LogP contribution in [0.4, 0.5) is 0 Å². The van der Waals surface area contributed by atoms with Crippen molar-refractivity contribution in [2.75, 3.05) is 13.1 Å². The van der Waals surface area contributed by atoms with Crippen molar-refractivity contribution < 1.29 is 9.59 Å². The normalized spacial score (nSPS) is 18.7. The Kier molecular flexibility index (Phi) is 4.45. The van der Waals surface area contributed by atoms with Gasteiger partial charge in [0.25, 0.3) is 0 Å². The molecule has 3 N–H and O–H groups in total. The highest BCUT2D eigenvalue weighted by Gasteiger charge is 2.32. The average Bonchev–Trinajstić information content (AvgIpc) is 2.98. The molecule has 120 valence electrons. The van der Waals surface area contributed by atoms with Crippen LogP contribution in [-0.2, 0) is 11.3 Å². The molecule has 1 atom stereocenters. The van der Waals surface area contributed by atoms with E-state index in [2.05, 4.69) is 10.2 Å². The summed E-state index contributed by atoms with van der Waals surface area (Å²) in [6.45, 7) is 4.06. The van der Waals surface area contributed by atoms with Crippen molar-refractivity contribution in [1.29, 1.82) is 0 Å². The highest BCUT2D eigenvalue weighted by Crippen LogP contribution is 2.28. The van der Waals surface area contributed by atoms with Gasteiger partial charge in [0.15, 0.2) is 0 Å². The fourth-order valence-electron chi connectivity index (χ4n) is 2.91. The third kappa shape index (κ3) is 3.28. The first-order valence-electron chi connectivity index (χ1n) is 7.51. The van der Waals surface area contributed by atoms with Crippen LogP contribution in [-0.4, -0.2) is 29.8 Å². The number of benzene rings is 1. The molecular weight excluding hydrogens is 310 g/mol. The Bertz CT molecular complexity index is 741. The Labute approximate surface area is 139 Å². The number of rotatable bonds is 4. The van der Waals surface area contributed by atoms with Gasteiger partial charge < -0.3 is 11.1 Å². The lowest BCUT2D eigenvalue weighted by Gasteiger charge is -2.35. The molecule has 0 spiro atoms. The fraction of sp³-hybridized carbons (Fsp3) is 0.294. The summed E-state index contributed by atoms with van der Waals surface area (Å²) < 4.78 is 0. The predicted octanol–water partition coefficient (Wildman–Crippen LogP) is 1.83. The highest BCUT2D eigenvalue weighted by atomic mass is 32.1. The summed E-state index contributed by atoms with van der Waals surface area (Å²) >= 11 is 1.50. The van der Waals surface area contributed by atoms with Gasteiger partial charge in [0, 0.05) is 29.9 Å². The Balaban J connectivity index is 1.87. The van der Waals surface area contributed by atoms with E-state index in [0.717, 1.165) is 22.5 Å². The summed E-state index contributed by atoms with van der Waals surface area (Å²) in [7, 11) is 0. The van der Waals surface area contributed by atoms with Crippen molar-refractivity contribution in [1.82, 2.24) is 10.2 Å². The third-order valence-corrected chi connectivity index (χ3v) is 5.01. The largest absolute Gasteiger partial charge is 0.366 e. The minimum absolute atomic E-state index is 0.0252. The molecule has 0 unspecified atom stereocenters. The Morgan fingerprint density at radius 2 is 2.22 bits per heavy atom. The molecule has 23 heavy (non-hydrogen) atoms. The lowest BCUT2D eigenvalue weighted by atomic mass is 9.97. The summed E-state index contributed by atoms with van der Waals surface area (Å²) in [5, 5.41) is 4.71. The van der Waals surface area contributed by atoms with E-state index in [1.54, 1.807) is 5.38 Å². The van der Waals surface area contributed by atoms with Crippen molar-refractivity contribution in [3.63, 3.8) is 0 Å². The van der Waals surface area contributed by atoms with Crippen LogP contribution in [0.25, 0.3) is 0 Å². The van der Waals surface area contributed by atoms with Crippen molar-refractivity contribution in [2.24, 2.45) is 5.73 Å². The van der Waals surface area contributed by atoms with Crippen LogP contribution >= 0.6 is 11.3 Å². The lowest BCUT2D eigenvalue weighted by Crippen LogP contribution is -2.49. The first-order chi connectivity index (χ1) is 11.1. The summed E-state index contributed by atoms with van der Waals surface area (Å²) in [5.74, 6) is -0.392. The second-order valence-corrected chi connectivity index (χ2v) is 6.68. The number of carbonyl (C=O) groups excluding carboxylic acids is 2. The van der Waals surface area contributed by atoms with Crippen molar-refractivity contribution in [2.45, 2.75) is 19.5 Å². The molecule has 1 aliphatic rings. The first kappa shape index (κ1) is 15.7. The van der Waals surface area contributed by atoms with E-state index in [1.807, 2.05) is 37.3 Å². The van der Waals surface area contributed by atoms with Gasteiger partial charge in [-0.25, -0.2) is 0 Å². The van der Waals surface area contributed by atoms with E-state index >= 15 is 0 Å². The van der Waals surface area contributed by atoms with Gasteiger partial charge in [-0.15, -0.1) is 11.3 Å². The molecule has 5 nitrogen and oxygen atoms in total. The van der Waals surface area contributed by atoms with Crippen LogP contribution in [0.5, 0.6) is 0 Å². The van der Waals surface area contributed by atoms with Crippen LogP contribution in [0, 0.1) is 6.92 Å². The zero-order chi connectivity index (χ0) is 16.4. The summed E-state index contributed by atoms with van der Waals surface area (Å²) in [6, 6.07) is 9.46. The molecule has 1 aromatic carbocycles. The number of nitrogens with zero attached hydrogens (tertiary/aromatic N) is 1. The van der Waals surface area contributed by atoms with Gasteiger partial charge >= 0.3 is 0 Å². The smallest absolute Gasteiger partial charge is 0.249 e. The average molecular weight is 329 g/mol. The van der Waals surface area contributed by atoms with Gasteiger partial charge in [-0.2, -0.15) is 0 Å². The zero-order valence-electron chi connectivity index (χ0n) is 12.9. The van der Waals surface area contributed by atoms with Crippen LogP contribution in [0.1, 0.15) is 32.4 Å². The number of hydrogen-bond donors (Lipinski definition) is 2.